The third kappa shape index (κ3) is 23.1. The van der Waals surface area contributed by atoms with Crippen molar-refractivity contribution in [1.82, 2.24) is 65.8 Å². The Morgan fingerprint density at radius 3 is 1.32 bits per heavy atom. The molecule has 2 aromatic heterocycles. The van der Waals surface area contributed by atoms with E-state index in [2.05, 4.69) is 79.8 Å². The number of carbonyl (C=O) groups excluding carboxylic acids is 8. The number of halogens is 3. The second-order valence-corrected chi connectivity index (χ2v) is 38.1. The predicted molar refractivity (Wildman–Crippen MR) is 433 cm³/mol. The van der Waals surface area contributed by atoms with Crippen LogP contribution in [0.3, 0.4) is 0 Å². The van der Waals surface area contributed by atoms with E-state index in [0.29, 0.717) is 69.2 Å². The SMILES string of the molecule is C1COCCN1.C=C[C@@H]1C[C@]1(NC(=O)[C@@H]1C[C@@H](Oc2cc(Cl)nc(Nc3ccc(F)cc3)n2)CN1C(=O)[C@@H](NC(=O)OC1CCCC1)C(C)(C)C)C(=O)NS(=O)(=O)C1CC1.C=C[C@@H]1C[C@]1(NC(=O)[C@@H]1C[C@@H](Oc2cc(N3CCOCC3)nc(Nc3ccc(F)cc3)n2)CN1C(=O)[C@@H](NC(=O)OC1CCCC1)C(C)(C)C)C(=O)NS(=O)(=O)C1CC1. The monoisotopic (exact) mass is 1720 g/mol. The Labute approximate surface area is 695 Å². The molecule has 0 radical (unpaired) electrons. The van der Waals surface area contributed by atoms with Crippen molar-refractivity contribution in [3.63, 3.8) is 0 Å². The van der Waals surface area contributed by atoms with Gasteiger partial charge in [-0.3, -0.25) is 38.2 Å². The number of alkyl carbamates (subject to hydrolysis) is 2. The fraction of sp³-hybridized carbons (Fsp3) is 0.600. The molecule has 8 amide bonds. The number of nitrogens with one attached hydrogen (secondary N) is 9. The largest absolute Gasteiger partial charge is 0.472 e. The lowest BCUT2D eigenvalue weighted by molar-refractivity contribution is -0.143. The standard InChI is InChI=1S/C40H53FN8O9S.C36H45ClFN7O8S.C4H9NO/c1-5-24-22-40(24,36(52)47-59(54,55)29-14-15-29)46-34(50)30-20-28(23-49(30)35(51)33(39(2,3)4)45-38(53)58-27-8-6-7-9-27)57-32-21-31(48-16-18-56-19-17-48)43-37(44-32)42-26-12-10-25(41)11-13-26;1-5-20-18-36(20,32(48)44-54(50,51)25-14-15-25)43-30(46)26-16-24(52-28-17-27(37)40-33(41-28)39-22-12-10-21(38)11-13-22)19-45(26)31(47)29(35(2,3)4)42-34(49)53-23-8-6-7-9-23;1-3-6-4-2-5-1/h5,10-13,21,24,27-30,33H,1,6-9,14-20,22-23H2,2-4H3,(H,45,53)(H,46,50)(H,47,52)(H,42,43,44);5,10-13,17,20,23-26,29H,1,6-9,14-16,18-19H2,2-4H3,(H,42,49)(H,43,46)(H,44,48)(H,39,40,41);5H,1-4H2/t24-,28-,30+,33-,40-;20-,24-,26+,29-,36-;/m11./s1. The molecule has 6 heterocycles. The van der Waals surface area contributed by atoms with Crippen LogP contribution in [0, 0.1) is 34.3 Å². The first-order valence-corrected chi connectivity index (χ1v) is 44.0. The predicted octanol–water partition coefficient (Wildman–Crippen LogP) is 7.02. The Morgan fingerprint density at radius 1 is 0.563 bits per heavy atom. The highest BCUT2D eigenvalue weighted by atomic mass is 35.5. The van der Waals surface area contributed by atoms with E-state index in [4.69, 9.17) is 40.0 Å². The minimum Gasteiger partial charge on any atom is -0.472 e. The van der Waals surface area contributed by atoms with E-state index in [1.807, 2.05) is 4.90 Å². The van der Waals surface area contributed by atoms with E-state index < -0.39 is 160 Å². The summed E-state index contributed by atoms with van der Waals surface area (Å²) in [5.41, 5.74) is -3.86. The van der Waals surface area contributed by atoms with E-state index in [1.165, 1.54) is 64.4 Å². The number of amides is 8. The van der Waals surface area contributed by atoms with E-state index in [1.54, 1.807) is 59.7 Å². The Bertz CT molecular complexity index is 4610. The number of morpholine rings is 2. The number of benzene rings is 2. The molecular weight excluding hydrogens is 1610 g/mol. The lowest BCUT2D eigenvalue weighted by atomic mass is 9.85. The molecule has 39 heteroatoms. The van der Waals surface area contributed by atoms with Crippen LogP contribution in [-0.2, 0) is 67.8 Å². The lowest BCUT2D eigenvalue weighted by Crippen LogP contribution is -2.60. The highest BCUT2D eigenvalue weighted by Crippen LogP contribution is 2.48. The summed E-state index contributed by atoms with van der Waals surface area (Å²) < 4.78 is 117. The van der Waals surface area contributed by atoms with Crippen LogP contribution in [0.15, 0.2) is 86.0 Å². The molecule has 6 aliphatic carbocycles. The van der Waals surface area contributed by atoms with Crippen LogP contribution in [0.2, 0.25) is 5.15 Å². The molecule has 0 unspecified atom stereocenters. The van der Waals surface area contributed by atoms with Crippen LogP contribution in [0.25, 0.3) is 0 Å². The van der Waals surface area contributed by atoms with Crippen molar-refractivity contribution in [2.45, 2.75) is 214 Å². The van der Waals surface area contributed by atoms with Gasteiger partial charge >= 0.3 is 12.2 Å². The zero-order chi connectivity index (χ0) is 85.4. The first-order chi connectivity index (χ1) is 56.5. The van der Waals surface area contributed by atoms with Crippen molar-refractivity contribution in [3.8, 4) is 11.8 Å². The lowest BCUT2D eigenvalue weighted by Gasteiger charge is -2.35. The molecule has 9 N–H and O–H groups in total. The normalized spacial score (nSPS) is 24.8. The van der Waals surface area contributed by atoms with E-state index >= 15 is 0 Å². The maximum atomic E-state index is 14.7. The van der Waals surface area contributed by atoms with Gasteiger partial charge in [-0.05, 0) is 149 Å². The van der Waals surface area contributed by atoms with Crippen molar-refractivity contribution in [1.29, 1.82) is 0 Å². The minimum atomic E-state index is -3.93. The molecule has 34 nitrogen and oxygen atoms in total. The fourth-order valence-electron chi connectivity index (χ4n) is 15.2. The Morgan fingerprint density at radius 2 is 0.958 bits per heavy atom. The van der Waals surface area contributed by atoms with Crippen molar-refractivity contribution in [2.75, 3.05) is 81.2 Å². The van der Waals surface area contributed by atoms with Crippen molar-refractivity contribution in [3.05, 3.63) is 103 Å². The molecule has 6 saturated carbocycles. The van der Waals surface area contributed by atoms with Gasteiger partial charge in [-0.1, -0.05) is 65.3 Å². The number of rotatable bonds is 27. The molecule has 4 aliphatic heterocycles. The third-order valence-corrected chi connectivity index (χ3v) is 26.2. The molecule has 0 spiro atoms. The van der Waals surface area contributed by atoms with Crippen LogP contribution in [0.4, 0.5) is 47.5 Å². The molecule has 119 heavy (non-hydrogen) atoms. The molecular formula is C80H107ClF2N16O18S2. The summed E-state index contributed by atoms with van der Waals surface area (Å²) in [6.07, 6.45) is 7.83. The highest BCUT2D eigenvalue weighted by molar-refractivity contribution is 7.91. The maximum Gasteiger partial charge on any atom is 0.408 e. The third-order valence-electron chi connectivity index (χ3n) is 22.4. The van der Waals surface area contributed by atoms with E-state index in [-0.39, 0.29) is 79.8 Å². The number of hydrogen-bond donors (Lipinski definition) is 9. The van der Waals surface area contributed by atoms with Gasteiger partial charge in [0.25, 0.3) is 11.8 Å². The highest BCUT2D eigenvalue weighted by Gasteiger charge is 2.64. The van der Waals surface area contributed by atoms with Gasteiger partial charge < -0.3 is 80.3 Å². The Kier molecular flexibility index (Phi) is 28.0. The summed E-state index contributed by atoms with van der Waals surface area (Å²) in [7, 11) is -7.86. The van der Waals surface area contributed by atoms with Crippen molar-refractivity contribution < 1.29 is 92.4 Å². The molecule has 0 bridgehead atoms. The minimum absolute atomic E-state index is 0.0127. The average Bonchev–Trinajstić information content (AvgIpc) is 1.58. The fourth-order valence-corrected chi connectivity index (χ4v) is 18.1. The van der Waals surface area contributed by atoms with Crippen molar-refractivity contribution in [2.24, 2.45) is 22.7 Å². The number of anilines is 5. The van der Waals surface area contributed by atoms with E-state index in [0.717, 1.165) is 77.7 Å². The van der Waals surface area contributed by atoms with Gasteiger partial charge in [0.15, 0.2) is 0 Å². The smallest absolute Gasteiger partial charge is 0.408 e. The topological polar surface area (TPSA) is 430 Å². The van der Waals surface area contributed by atoms with Crippen LogP contribution in [0.5, 0.6) is 11.8 Å². The van der Waals surface area contributed by atoms with Gasteiger partial charge in [0.2, 0.25) is 67.3 Å². The summed E-state index contributed by atoms with van der Waals surface area (Å²) in [4.78, 5) is 133. The van der Waals surface area contributed by atoms with Gasteiger partial charge in [-0.2, -0.15) is 15.0 Å². The number of aromatic nitrogens is 4. The van der Waals surface area contributed by atoms with E-state index in [9.17, 15) is 64.0 Å². The average molecular weight is 1720 g/mol. The summed E-state index contributed by atoms with van der Waals surface area (Å²) in [5.74, 6) is -5.43. The van der Waals surface area contributed by atoms with Crippen LogP contribution < -0.4 is 61.0 Å². The summed E-state index contributed by atoms with van der Waals surface area (Å²) in [6, 6.07) is 9.47. The number of likely N-dealkylation sites (tertiary alicyclic amines) is 2. The summed E-state index contributed by atoms with van der Waals surface area (Å²) in [6.45, 7) is 23.8. The quantitative estimate of drug-likeness (QED) is 0.0214. The molecule has 10 aliphatic rings. The van der Waals surface area contributed by atoms with Gasteiger partial charge in [0, 0.05) is 74.4 Å². The first-order valence-electron chi connectivity index (χ1n) is 40.5. The Hall–Kier alpha value is -9.63. The zero-order valence-electron chi connectivity index (χ0n) is 67.6. The molecule has 4 aromatic rings. The maximum absolute atomic E-state index is 14.7. The number of carbonyl (C=O) groups is 8. The molecule has 10 fully saturated rings. The van der Waals surface area contributed by atoms with Crippen LogP contribution in [0.1, 0.15) is 144 Å². The number of ether oxygens (including phenoxy) is 6. The first kappa shape index (κ1) is 88.7. The van der Waals surface area contributed by atoms with Crippen LogP contribution in [-0.4, -0.2) is 230 Å². The van der Waals surface area contributed by atoms with Crippen molar-refractivity contribution >= 4 is 108 Å². The number of nitrogens with zero attached hydrogens (tertiary/aromatic N) is 7. The second kappa shape index (κ2) is 37.6. The second-order valence-electron chi connectivity index (χ2n) is 33.8. The number of hydrogen-bond acceptors (Lipinski definition) is 26. The molecule has 14 rings (SSSR count). The zero-order valence-corrected chi connectivity index (χ0v) is 70.0. The number of sulfonamides is 2. The molecule has 2 aromatic carbocycles. The van der Waals surface area contributed by atoms with Gasteiger partial charge in [-0.15, -0.1) is 13.2 Å². The molecule has 4 saturated heterocycles. The molecule has 648 valence electrons. The van der Waals surface area contributed by atoms with Gasteiger partial charge in [-0.25, -0.2) is 40.2 Å². The molecule has 10 atom stereocenters. The summed E-state index contributed by atoms with van der Waals surface area (Å²) >= 11 is 6.29. The van der Waals surface area contributed by atoms with Gasteiger partial charge in [0.05, 0.1) is 50.0 Å². The van der Waals surface area contributed by atoms with Gasteiger partial charge in [0.1, 0.15) is 82.3 Å². The summed E-state index contributed by atoms with van der Waals surface area (Å²) in [5, 5.41) is 18.9. The Balaban J connectivity index is 0.000000204. The van der Waals surface area contributed by atoms with Crippen LogP contribution >= 0.6 is 11.6 Å².